The molecule has 1 saturated carbocycles. The first-order chi connectivity index (χ1) is 8.60. The molecule has 2 rings (SSSR count). The molecule has 1 aliphatic rings. The number of hydrogen-bond acceptors (Lipinski definition) is 3. The highest BCUT2D eigenvalue weighted by Gasteiger charge is 2.27. The first-order valence-corrected chi connectivity index (χ1v) is 6.65. The van der Waals surface area contributed by atoms with Gasteiger partial charge in [0.25, 0.3) is 0 Å². The van der Waals surface area contributed by atoms with Crippen LogP contribution in [0.1, 0.15) is 24.8 Å². The molecule has 0 heterocycles. The first kappa shape index (κ1) is 13.1. The van der Waals surface area contributed by atoms with Crippen molar-refractivity contribution in [3.8, 4) is 6.07 Å². The van der Waals surface area contributed by atoms with E-state index in [1.807, 2.05) is 6.07 Å². The summed E-state index contributed by atoms with van der Waals surface area (Å²) in [5, 5.41) is 11.6. The second-order valence-electron chi connectivity index (χ2n) is 4.58. The van der Waals surface area contributed by atoms with Gasteiger partial charge in [-0.2, -0.15) is 5.26 Å². The maximum Gasteiger partial charge on any atom is 0.241 e. The number of carbonyl (C=O) groups is 1. The van der Waals surface area contributed by atoms with E-state index in [1.54, 1.807) is 18.2 Å². The molecule has 0 radical (unpaired) electrons. The molecule has 0 saturated heterocycles. The molecule has 18 heavy (non-hydrogen) atoms. The second kappa shape index (κ2) is 5.51. The molecule has 0 aliphatic heterocycles. The lowest BCUT2D eigenvalue weighted by molar-refractivity contribution is -0.117. The summed E-state index contributed by atoms with van der Waals surface area (Å²) in [5.74, 6) is 0.456. The summed E-state index contributed by atoms with van der Waals surface area (Å²) in [4.78, 5) is 11.8. The van der Waals surface area contributed by atoms with Crippen molar-refractivity contribution in [2.75, 3.05) is 5.32 Å². The average Bonchev–Trinajstić information content (AvgIpc) is 3.13. The highest BCUT2D eigenvalue weighted by molar-refractivity contribution is 9.10. The minimum atomic E-state index is -0.452. The van der Waals surface area contributed by atoms with E-state index >= 15 is 0 Å². The van der Waals surface area contributed by atoms with Crippen LogP contribution >= 0.6 is 15.9 Å². The Balaban J connectivity index is 1.97. The van der Waals surface area contributed by atoms with E-state index in [9.17, 15) is 4.79 Å². The third-order valence-electron chi connectivity index (χ3n) is 2.98. The van der Waals surface area contributed by atoms with Gasteiger partial charge in [0.05, 0.1) is 11.6 Å². The number of nitriles is 1. The van der Waals surface area contributed by atoms with Crippen molar-refractivity contribution in [1.29, 1.82) is 5.26 Å². The van der Waals surface area contributed by atoms with Crippen LogP contribution in [0, 0.1) is 17.2 Å². The zero-order valence-electron chi connectivity index (χ0n) is 9.82. The highest BCUT2D eigenvalue weighted by atomic mass is 79.9. The van der Waals surface area contributed by atoms with Crippen LogP contribution in [-0.2, 0) is 4.79 Å². The van der Waals surface area contributed by atoms with Gasteiger partial charge in [-0.25, -0.2) is 0 Å². The van der Waals surface area contributed by atoms with Crippen molar-refractivity contribution < 1.29 is 4.79 Å². The van der Waals surface area contributed by atoms with Gasteiger partial charge in [-0.05, 0) is 46.5 Å². The number of nitrogens with two attached hydrogens (primary N) is 1. The number of halogens is 1. The summed E-state index contributed by atoms with van der Waals surface area (Å²) in [7, 11) is 0. The van der Waals surface area contributed by atoms with Gasteiger partial charge >= 0.3 is 0 Å². The minimum absolute atomic E-state index is 0.168. The predicted octanol–water partition coefficient (Wildman–Crippen LogP) is 2.39. The zero-order chi connectivity index (χ0) is 13.1. The number of nitrogens with zero attached hydrogens (tertiary/aromatic N) is 1. The monoisotopic (exact) mass is 307 g/mol. The maximum atomic E-state index is 11.8. The zero-order valence-corrected chi connectivity index (χ0v) is 11.4. The van der Waals surface area contributed by atoms with Crippen LogP contribution in [0.4, 0.5) is 5.69 Å². The Kier molecular flexibility index (Phi) is 4.00. The van der Waals surface area contributed by atoms with Gasteiger partial charge in [0, 0.05) is 10.2 Å². The van der Waals surface area contributed by atoms with Crippen molar-refractivity contribution in [2.45, 2.75) is 25.3 Å². The number of nitrogens with one attached hydrogen (secondary N) is 1. The third-order valence-corrected chi connectivity index (χ3v) is 3.63. The molecular weight excluding hydrogens is 294 g/mol. The van der Waals surface area contributed by atoms with Crippen LogP contribution in [0.25, 0.3) is 0 Å². The largest absolute Gasteiger partial charge is 0.325 e. The van der Waals surface area contributed by atoms with Gasteiger partial charge in [0.1, 0.15) is 6.07 Å². The number of hydrogen-bond donors (Lipinski definition) is 2. The van der Waals surface area contributed by atoms with Crippen LogP contribution < -0.4 is 11.1 Å². The molecule has 0 bridgehead atoms. The number of rotatable bonds is 4. The van der Waals surface area contributed by atoms with Gasteiger partial charge in [-0.3, -0.25) is 4.79 Å². The smallest absolute Gasteiger partial charge is 0.241 e. The molecule has 1 unspecified atom stereocenters. The molecule has 1 aromatic carbocycles. The molecule has 1 amide bonds. The molecule has 3 N–H and O–H groups in total. The Morgan fingerprint density at radius 2 is 2.33 bits per heavy atom. The summed E-state index contributed by atoms with van der Waals surface area (Å²) in [6.45, 7) is 0. The number of amides is 1. The summed E-state index contributed by atoms with van der Waals surface area (Å²) in [5.41, 5.74) is 7.01. The third kappa shape index (κ3) is 3.31. The summed E-state index contributed by atoms with van der Waals surface area (Å²) in [6, 6.07) is 6.66. The maximum absolute atomic E-state index is 11.8. The van der Waals surface area contributed by atoms with E-state index in [2.05, 4.69) is 21.2 Å². The minimum Gasteiger partial charge on any atom is -0.325 e. The van der Waals surface area contributed by atoms with Crippen LogP contribution in [0.3, 0.4) is 0 Å². The SMILES string of the molecule is N#Cc1ccc(NC(=O)C(N)CC2CC2)cc1Br. The molecule has 0 spiro atoms. The molecule has 1 aliphatic carbocycles. The topological polar surface area (TPSA) is 78.9 Å². The fraction of sp³-hybridized carbons (Fsp3) is 0.385. The molecule has 94 valence electrons. The fourth-order valence-electron chi connectivity index (χ4n) is 1.74. The van der Waals surface area contributed by atoms with Gasteiger partial charge in [0.15, 0.2) is 0 Å². The number of benzene rings is 1. The fourth-order valence-corrected chi connectivity index (χ4v) is 2.21. The van der Waals surface area contributed by atoms with Crippen molar-refractivity contribution in [3.63, 3.8) is 0 Å². The van der Waals surface area contributed by atoms with E-state index in [4.69, 9.17) is 11.0 Å². The van der Waals surface area contributed by atoms with Gasteiger partial charge in [-0.1, -0.05) is 12.8 Å². The average molecular weight is 308 g/mol. The summed E-state index contributed by atoms with van der Waals surface area (Å²) in [6.07, 6.45) is 3.12. The van der Waals surface area contributed by atoms with Gasteiger partial charge in [-0.15, -0.1) is 0 Å². The molecule has 1 atom stereocenters. The molecule has 4 nitrogen and oxygen atoms in total. The Morgan fingerprint density at radius 3 is 2.89 bits per heavy atom. The second-order valence-corrected chi connectivity index (χ2v) is 5.44. The quantitative estimate of drug-likeness (QED) is 0.896. The van der Waals surface area contributed by atoms with Gasteiger partial charge in [0.2, 0.25) is 5.91 Å². The Morgan fingerprint density at radius 1 is 1.61 bits per heavy atom. The Labute approximate surface area is 114 Å². The van der Waals surface area contributed by atoms with Crippen molar-refractivity contribution >= 4 is 27.5 Å². The molecule has 5 heteroatoms. The molecule has 1 aromatic rings. The van der Waals surface area contributed by atoms with Gasteiger partial charge < -0.3 is 11.1 Å². The Hall–Kier alpha value is -1.38. The summed E-state index contributed by atoms with van der Waals surface area (Å²) >= 11 is 3.28. The normalized spacial score (nSPS) is 15.8. The van der Waals surface area contributed by atoms with Crippen molar-refractivity contribution in [2.24, 2.45) is 11.7 Å². The summed E-state index contributed by atoms with van der Waals surface area (Å²) < 4.78 is 0.665. The van der Waals surface area contributed by atoms with Crippen LogP contribution in [0.2, 0.25) is 0 Å². The van der Waals surface area contributed by atoms with Crippen molar-refractivity contribution in [3.05, 3.63) is 28.2 Å². The Bertz CT molecular complexity index is 505. The molecular formula is C13H14BrN3O. The van der Waals surface area contributed by atoms with E-state index in [0.29, 0.717) is 21.6 Å². The van der Waals surface area contributed by atoms with Crippen LogP contribution in [0.5, 0.6) is 0 Å². The number of carbonyl (C=O) groups excluding carboxylic acids is 1. The van der Waals surface area contributed by atoms with E-state index in [0.717, 1.165) is 6.42 Å². The van der Waals surface area contributed by atoms with E-state index in [-0.39, 0.29) is 5.91 Å². The van der Waals surface area contributed by atoms with Crippen molar-refractivity contribution in [1.82, 2.24) is 0 Å². The predicted molar refractivity (Wildman–Crippen MR) is 72.8 cm³/mol. The molecule has 0 aromatic heterocycles. The number of anilines is 1. The van der Waals surface area contributed by atoms with E-state index in [1.165, 1.54) is 12.8 Å². The highest BCUT2D eigenvalue weighted by Crippen LogP contribution is 2.33. The lowest BCUT2D eigenvalue weighted by Gasteiger charge is -2.12. The van der Waals surface area contributed by atoms with E-state index < -0.39 is 6.04 Å². The van der Waals surface area contributed by atoms with Crippen LogP contribution in [0.15, 0.2) is 22.7 Å². The first-order valence-electron chi connectivity index (χ1n) is 5.86. The lowest BCUT2D eigenvalue weighted by atomic mass is 10.1. The standard InChI is InChI=1S/C13H14BrN3O/c14-11-6-10(4-3-9(11)7-15)17-13(18)12(16)5-8-1-2-8/h3-4,6,8,12H,1-2,5,16H2,(H,17,18). The van der Waals surface area contributed by atoms with Crippen LogP contribution in [-0.4, -0.2) is 11.9 Å². The lowest BCUT2D eigenvalue weighted by Crippen LogP contribution is -2.35. The molecule has 1 fully saturated rings.